The molecular formula is C9H18N2O4. The average Bonchev–Trinajstić information content (AvgIpc) is 2.70. The summed E-state index contributed by atoms with van der Waals surface area (Å²) in [6.07, 6.45) is 2.28. The highest BCUT2D eigenvalue weighted by atomic mass is 16.4. The lowest BCUT2D eigenvalue weighted by atomic mass is 10.2. The Balaban J connectivity index is 0.000000265. The van der Waals surface area contributed by atoms with Crippen LogP contribution in [0, 0.1) is 0 Å². The highest BCUT2D eigenvalue weighted by molar-refractivity contribution is 5.73. The molecule has 1 saturated heterocycles. The molecule has 6 nitrogen and oxygen atoms in total. The molecule has 1 aliphatic rings. The molecule has 88 valence electrons. The van der Waals surface area contributed by atoms with Crippen LogP contribution >= 0.6 is 0 Å². The zero-order valence-electron chi connectivity index (χ0n) is 8.77. The number of nitrogens with two attached hydrogens (primary N) is 1. The van der Waals surface area contributed by atoms with Crippen molar-refractivity contribution in [1.29, 1.82) is 0 Å². The number of hydrogen-bond acceptors (Lipinski definition) is 4. The highest BCUT2D eigenvalue weighted by Gasteiger charge is 2.20. The minimum Gasteiger partial charge on any atom is -0.480 e. The Kier molecular flexibility index (Phi) is 6.64. The van der Waals surface area contributed by atoms with Gasteiger partial charge >= 0.3 is 11.9 Å². The zero-order valence-corrected chi connectivity index (χ0v) is 8.77. The second kappa shape index (κ2) is 7.19. The van der Waals surface area contributed by atoms with Crippen LogP contribution in [0.25, 0.3) is 0 Å². The largest absolute Gasteiger partial charge is 0.480 e. The van der Waals surface area contributed by atoms with Gasteiger partial charge in [-0.25, -0.2) is 0 Å². The van der Waals surface area contributed by atoms with Gasteiger partial charge in [0.05, 0.1) is 0 Å². The van der Waals surface area contributed by atoms with Crippen molar-refractivity contribution in [3.63, 3.8) is 0 Å². The maximum atomic E-state index is 10.1. The quantitative estimate of drug-likeness (QED) is 0.514. The van der Waals surface area contributed by atoms with Gasteiger partial charge in [-0.2, -0.15) is 0 Å². The molecule has 0 saturated carbocycles. The van der Waals surface area contributed by atoms with Crippen LogP contribution in [0.4, 0.5) is 0 Å². The van der Waals surface area contributed by atoms with E-state index in [1.807, 2.05) is 0 Å². The molecule has 1 unspecified atom stereocenters. The predicted molar refractivity (Wildman–Crippen MR) is 54.6 cm³/mol. The third-order valence-corrected chi connectivity index (χ3v) is 2.12. The van der Waals surface area contributed by atoms with Crippen molar-refractivity contribution in [2.24, 2.45) is 5.73 Å². The first-order valence-electron chi connectivity index (χ1n) is 4.93. The third-order valence-electron chi connectivity index (χ3n) is 2.12. The first-order chi connectivity index (χ1) is 6.99. The van der Waals surface area contributed by atoms with Crippen molar-refractivity contribution >= 4 is 11.9 Å². The van der Waals surface area contributed by atoms with E-state index in [0.29, 0.717) is 6.42 Å². The molecule has 0 aromatic rings. The van der Waals surface area contributed by atoms with Crippen molar-refractivity contribution in [1.82, 2.24) is 5.32 Å². The third kappa shape index (κ3) is 6.03. The second-order valence-electron chi connectivity index (χ2n) is 3.34. The van der Waals surface area contributed by atoms with Crippen LogP contribution in [0.3, 0.4) is 0 Å². The van der Waals surface area contributed by atoms with Gasteiger partial charge in [-0.15, -0.1) is 0 Å². The van der Waals surface area contributed by atoms with Crippen LogP contribution in [-0.4, -0.2) is 40.8 Å². The van der Waals surface area contributed by atoms with E-state index in [-0.39, 0.29) is 6.04 Å². The summed E-state index contributed by atoms with van der Waals surface area (Å²) in [5.74, 6) is -1.65. The molecule has 15 heavy (non-hydrogen) atoms. The predicted octanol–water partition coefficient (Wildman–Crippen LogP) is -0.369. The molecule has 0 aromatic heterocycles. The van der Waals surface area contributed by atoms with Crippen LogP contribution in [0.15, 0.2) is 0 Å². The summed E-state index contributed by atoms with van der Waals surface area (Å²) in [4.78, 5) is 19.9. The van der Waals surface area contributed by atoms with Crippen LogP contribution in [0.5, 0.6) is 0 Å². The molecule has 5 N–H and O–H groups in total. The van der Waals surface area contributed by atoms with Crippen molar-refractivity contribution in [3.05, 3.63) is 0 Å². The van der Waals surface area contributed by atoms with E-state index in [0.717, 1.165) is 19.4 Å². The zero-order chi connectivity index (χ0) is 11.8. The Morgan fingerprint density at radius 3 is 2.27 bits per heavy atom. The van der Waals surface area contributed by atoms with Gasteiger partial charge in [0.15, 0.2) is 0 Å². The van der Waals surface area contributed by atoms with E-state index in [9.17, 15) is 9.59 Å². The Bertz CT molecular complexity index is 214. The van der Waals surface area contributed by atoms with E-state index in [1.54, 1.807) is 6.92 Å². The lowest BCUT2D eigenvalue weighted by molar-refractivity contribution is -0.139. The smallest absolute Gasteiger partial charge is 0.320 e. The van der Waals surface area contributed by atoms with E-state index in [4.69, 9.17) is 15.9 Å². The molecule has 0 amide bonds. The molecule has 0 aromatic carbocycles. The molecule has 2 atom stereocenters. The minimum absolute atomic E-state index is 0.269. The summed E-state index contributed by atoms with van der Waals surface area (Å²) in [7, 11) is 0. The Labute approximate surface area is 88.5 Å². The fourth-order valence-corrected chi connectivity index (χ4v) is 1.07. The molecule has 0 spiro atoms. The molecule has 0 bridgehead atoms. The van der Waals surface area contributed by atoms with Crippen molar-refractivity contribution in [2.75, 3.05) is 6.54 Å². The minimum atomic E-state index is -0.928. The molecule has 6 heteroatoms. The number of carboxylic acids is 2. The maximum Gasteiger partial charge on any atom is 0.320 e. The SMILES string of the molecule is CCC(N)C(=O)O.O=C(O)[C@@H]1CCCN1. The number of aliphatic carboxylic acids is 2. The first-order valence-corrected chi connectivity index (χ1v) is 4.93. The summed E-state index contributed by atoms with van der Waals surface area (Å²) in [6, 6.07) is -0.949. The van der Waals surface area contributed by atoms with Gasteiger partial charge in [-0.3, -0.25) is 9.59 Å². The monoisotopic (exact) mass is 218 g/mol. The molecule has 1 rings (SSSR count). The van der Waals surface area contributed by atoms with Gasteiger partial charge in [0.25, 0.3) is 0 Å². The van der Waals surface area contributed by atoms with Crippen LogP contribution in [0.1, 0.15) is 26.2 Å². The standard InChI is InChI=1S/C5H9NO2.C4H9NO2/c7-5(8)4-2-1-3-6-4;1-2-3(5)4(6)7/h4,6H,1-3H2,(H,7,8);3H,2,5H2,1H3,(H,6,7)/t4-;/m0./s1. The van der Waals surface area contributed by atoms with Gasteiger partial charge in [0, 0.05) is 0 Å². The van der Waals surface area contributed by atoms with Gasteiger partial charge in [-0.1, -0.05) is 6.92 Å². The van der Waals surface area contributed by atoms with Gasteiger partial charge in [0.2, 0.25) is 0 Å². The molecule has 0 aliphatic carbocycles. The molecule has 1 aliphatic heterocycles. The van der Waals surface area contributed by atoms with Gasteiger partial charge in [-0.05, 0) is 25.8 Å². The summed E-state index contributed by atoms with van der Waals surface area (Å²) < 4.78 is 0. The maximum absolute atomic E-state index is 10.1. The Morgan fingerprint density at radius 2 is 2.13 bits per heavy atom. The molecule has 1 heterocycles. The van der Waals surface area contributed by atoms with Crippen LogP contribution < -0.4 is 11.1 Å². The molecular weight excluding hydrogens is 200 g/mol. The van der Waals surface area contributed by atoms with E-state index in [2.05, 4.69) is 5.32 Å². The fraction of sp³-hybridized carbons (Fsp3) is 0.778. The average molecular weight is 218 g/mol. The van der Waals surface area contributed by atoms with Gasteiger partial charge in [0.1, 0.15) is 12.1 Å². The normalized spacial score (nSPS) is 21.3. The lowest BCUT2D eigenvalue weighted by Gasteiger charge is -1.99. The summed E-state index contributed by atoms with van der Waals surface area (Å²) in [5.41, 5.74) is 5.02. The van der Waals surface area contributed by atoms with E-state index < -0.39 is 18.0 Å². The molecule has 1 fully saturated rings. The number of rotatable bonds is 3. The summed E-state index contributed by atoms with van der Waals surface area (Å²) in [5, 5.41) is 19.3. The first kappa shape index (κ1) is 13.9. The van der Waals surface area contributed by atoms with Crippen molar-refractivity contribution in [3.8, 4) is 0 Å². The Morgan fingerprint density at radius 1 is 1.53 bits per heavy atom. The van der Waals surface area contributed by atoms with E-state index >= 15 is 0 Å². The van der Waals surface area contributed by atoms with Crippen LogP contribution in [-0.2, 0) is 9.59 Å². The molecule has 0 radical (unpaired) electrons. The summed E-state index contributed by atoms with van der Waals surface area (Å²) in [6.45, 7) is 2.59. The number of carbonyl (C=O) groups is 2. The topological polar surface area (TPSA) is 113 Å². The van der Waals surface area contributed by atoms with Crippen molar-refractivity contribution in [2.45, 2.75) is 38.3 Å². The van der Waals surface area contributed by atoms with E-state index in [1.165, 1.54) is 0 Å². The Hall–Kier alpha value is -1.14. The van der Waals surface area contributed by atoms with Crippen LogP contribution in [0.2, 0.25) is 0 Å². The lowest BCUT2D eigenvalue weighted by Crippen LogP contribution is -2.29. The number of hydrogen-bond donors (Lipinski definition) is 4. The number of carboxylic acid groups (broad SMARTS) is 2. The number of nitrogens with one attached hydrogen (secondary N) is 1. The highest BCUT2D eigenvalue weighted by Crippen LogP contribution is 2.03. The summed E-state index contributed by atoms with van der Waals surface area (Å²) >= 11 is 0. The second-order valence-corrected chi connectivity index (χ2v) is 3.34. The van der Waals surface area contributed by atoms with Gasteiger partial charge < -0.3 is 21.3 Å². The van der Waals surface area contributed by atoms with Crippen molar-refractivity contribution < 1.29 is 19.8 Å². The fourth-order valence-electron chi connectivity index (χ4n) is 1.07.